The van der Waals surface area contributed by atoms with E-state index in [4.69, 9.17) is 9.47 Å². The number of anilines is 1. The number of methoxy groups -OCH3 is 1. The number of Topliss-reactive ketones (excluding diaryl/α,β-unsaturated/α-hetero) is 1. The Kier molecular flexibility index (Phi) is 4.28. The Morgan fingerprint density at radius 2 is 1.96 bits per heavy atom. The monoisotopic (exact) mass is 310 g/mol. The number of nitrogens with zero attached hydrogens (tertiary/aromatic N) is 1. The molecule has 1 heterocycles. The third kappa shape index (κ3) is 3.34. The van der Waals surface area contributed by atoms with E-state index in [2.05, 4.69) is 10.5 Å². The summed E-state index contributed by atoms with van der Waals surface area (Å²) >= 11 is 0. The average molecular weight is 310 g/mol. The molecule has 0 spiro atoms. The molecule has 0 atom stereocenters. The second-order valence-electron chi connectivity index (χ2n) is 5.33. The topological polar surface area (TPSA) is 59.9 Å². The van der Waals surface area contributed by atoms with Gasteiger partial charge in [0.1, 0.15) is 17.2 Å². The average Bonchev–Trinajstić information content (AvgIpc) is 2.73. The normalized spacial score (nSPS) is 15.6. The van der Waals surface area contributed by atoms with Gasteiger partial charge in [0.15, 0.2) is 0 Å². The maximum atomic E-state index is 12.6. The van der Waals surface area contributed by atoms with Crippen molar-refractivity contribution in [2.75, 3.05) is 19.1 Å². The highest BCUT2D eigenvalue weighted by molar-refractivity contribution is 6.46. The quantitative estimate of drug-likeness (QED) is 0.882. The van der Waals surface area contributed by atoms with Crippen LogP contribution in [0.4, 0.5) is 5.69 Å². The number of ether oxygens (including phenoxy) is 2. The highest BCUT2D eigenvalue weighted by atomic mass is 16.5. The van der Waals surface area contributed by atoms with Gasteiger partial charge in [-0.15, -0.1) is 0 Å². The van der Waals surface area contributed by atoms with Crippen molar-refractivity contribution in [3.63, 3.8) is 0 Å². The Bertz CT molecular complexity index is 751. The number of carbonyl (C=O) groups excluding carboxylic acids is 1. The van der Waals surface area contributed by atoms with Gasteiger partial charge in [-0.2, -0.15) is 5.10 Å². The van der Waals surface area contributed by atoms with E-state index in [1.54, 1.807) is 7.11 Å². The molecular formula is C18H18N2O3. The molecule has 118 valence electrons. The first-order chi connectivity index (χ1) is 11.2. The van der Waals surface area contributed by atoms with Crippen molar-refractivity contribution in [2.24, 2.45) is 5.10 Å². The lowest BCUT2D eigenvalue weighted by molar-refractivity contribution is 0.106. The Morgan fingerprint density at radius 3 is 2.70 bits per heavy atom. The first-order valence-electron chi connectivity index (χ1n) is 7.42. The minimum Gasteiger partial charge on any atom is -0.497 e. The summed E-state index contributed by atoms with van der Waals surface area (Å²) in [6.45, 7) is 2.38. The second-order valence-corrected chi connectivity index (χ2v) is 5.33. The van der Waals surface area contributed by atoms with Crippen molar-refractivity contribution in [2.45, 2.75) is 13.3 Å². The molecule has 0 unspecified atom stereocenters. The van der Waals surface area contributed by atoms with Gasteiger partial charge in [0, 0.05) is 6.42 Å². The Hall–Kier alpha value is -2.82. The largest absolute Gasteiger partial charge is 0.497 e. The predicted octanol–water partition coefficient (Wildman–Crippen LogP) is 3.44. The standard InChI is InChI=1S/C18H18N2O3/c1-12-3-8-17-15(11-12)18(21)16(9-10-23-17)20-19-13-4-6-14(22-2)7-5-13/h3-8,11,19H,9-10H2,1-2H3/b20-16+. The molecule has 2 aromatic carbocycles. The van der Waals surface area contributed by atoms with Crippen LogP contribution in [-0.4, -0.2) is 25.2 Å². The molecule has 0 aromatic heterocycles. The molecule has 0 aliphatic carbocycles. The molecule has 3 rings (SSSR count). The number of rotatable bonds is 3. The molecular weight excluding hydrogens is 292 g/mol. The van der Waals surface area contributed by atoms with E-state index in [0.717, 1.165) is 17.0 Å². The Morgan fingerprint density at radius 1 is 1.17 bits per heavy atom. The molecule has 0 bridgehead atoms. The number of nitrogens with one attached hydrogen (secondary N) is 1. The van der Waals surface area contributed by atoms with E-state index in [1.807, 2.05) is 49.4 Å². The van der Waals surface area contributed by atoms with Crippen LogP contribution in [0.25, 0.3) is 0 Å². The van der Waals surface area contributed by atoms with Gasteiger partial charge in [-0.05, 0) is 43.3 Å². The van der Waals surface area contributed by atoms with Gasteiger partial charge in [-0.1, -0.05) is 11.6 Å². The van der Waals surface area contributed by atoms with E-state index < -0.39 is 0 Å². The van der Waals surface area contributed by atoms with E-state index in [1.165, 1.54) is 0 Å². The first-order valence-corrected chi connectivity index (χ1v) is 7.42. The van der Waals surface area contributed by atoms with Crippen molar-refractivity contribution >= 4 is 17.2 Å². The van der Waals surface area contributed by atoms with Crippen molar-refractivity contribution in [3.05, 3.63) is 53.6 Å². The number of ketones is 1. The van der Waals surface area contributed by atoms with Crippen LogP contribution in [0, 0.1) is 6.92 Å². The fourth-order valence-corrected chi connectivity index (χ4v) is 2.38. The molecule has 5 heteroatoms. The SMILES string of the molecule is COc1ccc(N/N=C2\CCOc3ccc(C)cc3C2=O)cc1. The summed E-state index contributed by atoms with van der Waals surface area (Å²) < 4.78 is 10.8. The number of carbonyl (C=O) groups is 1. The minimum atomic E-state index is -0.0952. The summed E-state index contributed by atoms with van der Waals surface area (Å²) in [5.41, 5.74) is 5.77. The lowest BCUT2D eigenvalue weighted by Gasteiger charge is -2.06. The first kappa shape index (κ1) is 15.1. The zero-order chi connectivity index (χ0) is 16.2. The molecule has 0 amide bonds. The molecule has 23 heavy (non-hydrogen) atoms. The maximum absolute atomic E-state index is 12.6. The van der Waals surface area contributed by atoms with Gasteiger partial charge in [-0.25, -0.2) is 0 Å². The number of fused-ring (bicyclic) bond motifs is 1. The van der Waals surface area contributed by atoms with Gasteiger partial charge in [0.2, 0.25) is 5.78 Å². The highest BCUT2D eigenvalue weighted by Gasteiger charge is 2.22. The molecule has 0 fully saturated rings. The summed E-state index contributed by atoms with van der Waals surface area (Å²) in [4.78, 5) is 12.6. The zero-order valence-electron chi connectivity index (χ0n) is 13.1. The van der Waals surface area contributed by atoms with Gasteiger partial charge in [0.05, 0.1) is 25.0 Å². The zero-order valence-corrected chi connectivity index (χ0v) is 13.1. The van der Waals surface area contributed by atoms with Crippen LogP contribution in [0.5, 0.6) is 11.5 Å². The fourth-order valence-electron chi connectivity index (χ4n) is 2.38. The van der Waals surface area contributed by atoms with Gasteiger partial charge < -0.3 is 9.47 Å². The van der Waals surface area contributed by atoms with Crippen molar-refractivity contribution in [1.82, 2.24) is 0 Å². The summed E-state index contributed by atoms with van der Waals surface area (Å²) in [6.07, 6.45) is 0.468. The smallest absolute Gasteiger partial charge is 0.212 e. The van der Waals surface area contributed by atoms with Gasteiger partial charge >= 0.3 is 0 Å². The van der Waals surface area contributed by atoms with E-state index in [0.29, 0.717) is 30.1 Å². The van der Waals surface area contributed by atoms with Gasteiger partial charge in [0.25, 0.3) is 0 Å². The van der Waals surface area contributed by atoms with Crippen LogP contribution in [0.1, 0.15) is 22.3 Å². The number of benzene rings is 2. The number of hydrogen-bond donors (Lipinski definition) is 1. The van der Waals surface area contributed by atoms with Crippen LogP contribution in [0.2, 0.25) is 0 Å². The fraction of sp³-hybridized carbons (Fsp3) is 0.222. The lowest BCUT2D eigenvalue weighted by Crippen LogP contribution is -2.15. The van der Waals surface area contributed by atoms with Crippen LogP contribution < -0.4 is 14.9 Å². The van der Waals surface area contributed by atoms with Crippen molar-refractivity contribution < 1.29 is 14.3 Å². The molecule has 0 radical (unpaired) electrons. The molecule has 1 aliphatic heterocycles. The molecule has 2 aromatic rings. The molecule has 1 aliphatic rings. The summed E-state index contributed by atoms with van der Waals surface area (Å²) in [7, 11) is 1.62. The molecule has 0 saturated carbocycles. The third-order valence-electron chi connectivity index (χ3n) is 3.65. The van der Waals surface area contributed by atoms with Crippen LogP contribution in [0.3, 0.4) is 0 Å². The summed E-state index contributed by atoms with van der Waals surface area (Å²) in [5, 5.41) is 4.27. The van der Waals surface area contributed by atoms with Gasteiger partial charge in [-0.3, -0.25) is 10.2 Å². The number of hydrazone groups is 1. The van der Waals surface area contributed by atoms with E-state index in [9.17, 15) is 4.79 Å². The molecule has 1 N–H and O–H groups in total. The molecule has 0 saturated heterocycles. The van der Waals surface area contributed by atoms with Crippen molar-refractivity contribution in [3.8, 4) is 11.5 Å². The molecule has 5 nitrogen and oxygen atoms in total. The van der Waals surface area contributed by atoms with Crippen LogP contribution >= 0.6 is 0 Å². The predicted molar refractivity (Wildman–Crippen MR) is 89.7 cm³/mol. The van der Waals surface area contributed by atoms with Crippen LogP contribution in [-0.2, 0) is 0 Å². The number of hydrogen-bond acceptors (Lipinski definition) is 5. The lowest BCUT2D eigenvalue weighted by atomic mass is 10.0. The summed E-state index contributed by atoms with van der Waals surface area (Å²) in [6, 6.07) is 13.0. The maximum Gasteiger partial charge on any atom is 0.212 e. The third-order valence-corrected chi connectivity index (χ3v) is 3.65. The number of aryl methyl sites for hydroxylation is 1. The second kappa shape index (κ2) is 6.52. The van der Waals surface area contributed by atoms with Crippen LogP contribution in [0.15, 0.2) is 47.6 Å². The highest BCUT2D eigenvalue weighted by Crippen LogP contribution is 2.24. The Balaban J connectivity index is 1.82. The van der Waals surface area contributed by atoms with E-state index >= 15 is 0 Å². The van der Waals surface area contributed by atoms with Crippen molar-refractivity contribution in [1.29, 1.82) is 0 Å². The Labute approximate surface area is 134 Å². The summed E-state index contributed by atoms with van der Waals surface area (Å²) in [5.74, 6) is 1.30. The minimum absolute atomic E-state index is 0.0952. The van der Waals surface area contributed by atoms with E-state index in [-0.39, 0.29) is 5.78 Å².